The van der Waals surface area contributed by atoms with Crippen LogP contribution in [0.3, 0.4) is 0 Å². The molecule has 82 valence electrons. The molecule has 0 saturated heterocycles. The van der Waals surface area contributed by atoms with E-state index >= 15 is 0 Å². The minimum absolute atomic E-state index is 0.00134. The second-order valence-corrected chi connectivity index (χ2v) is 3.66. The summed E-state index contributed by atoms with van der Waals surface area (Å²) in [6.45, 7) is 4.18. The van der Waals surface area contributed by atoms with Crippen molar-refractivity contribution in [1.82, 2.24) is 5.32 Å². The molecule has 1 amide bonds. The average molecular weight is 201 g/mol. The molecule has 0 spiro atoms. The van der Waals surface area contributed by atoms with Gasteiger partial charge in [0.2, 0.25) is 6.41 Å². The van der Waals surface area contributed by atoms with Crippen molar-refractivity contribution >= 4 is 12.4 Å². The van der Waals surface area contributed by atoms with Crippen LogP contribution >= 0.6 is 0 Å². The first-order valence-electron chi connectivity index (χ1n) is 5.01. The van der Waals surface area contributed by atoms with Crippen LogP contribution in [0.15, 0.2) is 0 Å². The smallest absolute Gasteiger partial charge is 0.303 e. The third-order valence-corrected chi connectivity index (χ3v) is 2.39. The second-order valence-electron chi connectivity index (χ2n) is 3.66. The van der Waals surface area contributed by atoms with E-state index in [9.17, 15) is 9.59 Å². The summed E-state index contributed by atoms with van der Waals surface area (Å²) in [6.07, 6.45) is 3.17. The van der Waals surface area contributed by atoms with Gasteiger partial charge in [-0.2, -0.15) is 0 Å². The van der Waals surface area contributed by atoms with Crippen molar-refractivity contribution in [1.29, 1.82) is 0 Å². The minimum atomic E-state index is -0.813. The SMILES string of the molecule is CCC(C)CC(CCC(=O)O)NC=O. The lowest BCUT2D eigenvalue weighted by Crippen LogP contribution is -2.30. The lowest BCUT2D eigenvalue weighted by molar-refractivity contribution is -0.137. The van der Waals surface area contributed by atoms with Crippen LogP contribution in [0.2, 0.25) is 0 Å². The molecule has 14 heavy (non-hydrogen) atoms. The average Bonchev–Trinajstić information content (AvgIpc) is 2.14. The number of hydrogen-bond acceptors (Lipinski definition) is 2. The van der Waals surface area contributed by atoms with Crippen molar-refractivity contribution in [3.8, 4) is 0 Å². The Morgan fingerprint density at radius 1 is 1.57 bits per heavy atom. The summed E-state index contributed by atoms with van der Waals surface area (Å²) in [7, 11) is 0. The Balaban J connectivity index is 3.87. The first-order valence-corrected chi connectivity index (χ1v) is 5.01. The van der Waals surface area contributed by atoms with E-state index in [0.29, 0.717) is 18.7 Å². The summed E-state index contributed by atoms with van der Waals surface area (Å²) < 4.78 is 0. The van der Waals surface area contributed by atoms with E-state index in [1.54, 1.807) is 0 Å². The Morgan fingerprint density at radius 3 is 2.64 bits per heavy atom. The molecule has 2 unspecified atom stereocenters. The molecule has 0 fully saturated rings. The van der Waals surface area contributed by atoms with Gasteiger partial charge < -0.3 is 10.4 Å². The van der Waals surface area contributed by atoms with Crippen molar-refractivity contribution in [2.24, 2.45) is 5.92 Å². The first-order chi connectivity index (χ1) is 6.60. The molecule has 0 aromatic rings. The fourth-order valence-electron chi connectivity index (χ4n) is 1.32. The third kappa shape index (κ3) is 6.46. The highest BCUT2D eigenvalue weighted by atomic mass is 16.4. The number of carbonyl (C=O) groups excluding carboxylic acids is 1. The van der Waals surface area contributed by atoms with Gasteiger partial charge in [-0.15, -0.1) is 0 Å². The number of nitrogens with one attached hydrogen (secondary N) is 1. The van der Waals surface area contributed by atoms with E-state index < -0.39 is 5.97 Å². The van der Waals surface area contributed by atoms with Gasteiger partial charge in [0, 0.05) is 12.5 Å². The van der Waals surface area contributed by atoms with Crippen molar-refractivity contribution in [3.63, 3.8) is 0 Å². The van der Waals surface area contributed by atoms with E-state index in [4.69, 9.17) is 5.11 Å². The molecule has 0 aliphatic heterocycles. The maximum absolute atomic E-state index is 10.3. The van der Waals surface area contributed by atoms with E-state index in [-0.39, 0.29) is 12.5 Å². The normalized spacial score (nSPS) is 14.4. The molecule has 4 heteroatoms. The van der Waals surface area contributed by atoms with Crippen LogP contribution in [0.5, 0.6) is 0 Å². The molecule has 0 saturated carbocycles. The van der Waals surface area contributed by atoms with Gasteiger partial charge in [0.15, 0.2) is 0 Å². The number of carboxylic acid groups (broad SMARTS) is 1. The predicted molar refractivity (Wildman–Crippen MR) is 53.9 cm³/mol. The number of hydrogen-bond donors (Lipinski definition) is 2. The predicted octanol–water partition coefficient (Wildman–Crippen LogP) is 1.40. The van der Waals surface area contributed by atoms with Crippen molar-refractivity contribution in [2.75, 3.05) is 0 Å². The standard InChI is InChI=1S/C10H19NO3/c1-3-8(2)6-9(11-7-12)4-5-10(13)14/h7-9H,3-6H2,1-2H3,(H,11,12)(H,13,14). The number of rotatable bonds is 8. The number of amides is 1. The zero-order valence-corrected chi connectivity index (χ0v) is 8.82. The number of aliphatic carboxylic acids is 1. The first kappa shape index (κ1) is 12.9. The van der Waals surface area contributed by atoms with Crippen LogP contribution in [0.25, 0.3) is 0 Å². The monoisotopic (exact) mass is 201 g/mol. The van der Waals surface area contributed by atoms with Crippen LogP contribution in [-0.2, 0) is 9.59 Å². The minimum Gasteiger partial charge on any atom is -0.481 e. The third-order valence-electron chi connectivity index (χ3n) is 2.39. The van der Waals surface area contributed by atoms with Gasteiger partial charge in [-0.25, -0.2) is 0 Å². The van der Waals surface area contributed by atoms with Crippen LogP contribution in [0.1, 0.15) is 39.5 Å². The molecule has 0 heterocycles. The Bertz CT molecular complexity index is 182. The zero-order valence-electron chi connectivity index (χ0n) is 8.82. The quantitative estimate of drug-likeness (QED) is 0.583. The zero-order chi connectivity index (χ0) is 11.0. The molecule has 0 aliphatic carbocycles. The van der Waals surface area contributed by atoms with Gasteiger partial charge >= 0.3 is 5.97 Å². The lowest BCUT2D eigenvalue weighted by atomic mass is 9.96. The molecule has 4 nitrogen and oxygen atoms in total. The van der Waals surface area contributed by atoms with Crippen molar-refractivity contribution in [3.05, 3.63) is 0 Å². The second kappa shape index (κ2) is 7.35. The Labute approximate surface area is 84.7 Å². The Kier molecular flexibility index (Phi) is 6.80. The van der Waals surface area contributed by atoms with Crippen LogP contribution in [0, 0.1) is 5.92 Å². The Morgan fingerprint density at radius 2 is 2.21 bits per heavy atom. The van der Waals surface area contributed by atoms with Gasteiger partial charge in [0.1, 0.15) is 0 Å². The highest BCUT2D eigenvalue weighted by Crippen LogP contribution is 2.13. The van der Waals surface area contributed by atoms with E-state index in [1.165, 1.54) is 0 Å². The Hall–Kier alpha value is -1.06. The summed E-state index contributed by atoms with van der Waals surface area (Å²) in [6, 6.07) is -0.00134. The van der Waals surface area contributed by atoms with Gasteiger partial charge in [-0.3, -0.25) is 9.59 Å². The topological polar surface area (TPSA) is 66.4 Å². The maximum atomic E-state index is 10.3. The number of carbonyl (C=O) groups is 2. The largest absolute Gasteiger partial charge is 0.481 e. The molecule has 0 bridgehead atoms. The van der Waals surface area contributed by atoms with Crippen molar-refractivity contribution < 1.29 is 14.7 Å². The molecular weight excluding hydrogens is 182 g/mol. The molecule has 0 radical (unpaired) electrons. The molecule has 0 rings (SSSR count). The van der Waals surface area contributed by atoms with E-state index in [1.807, 2.05) is 0 Å². The van der Waals surface area contributed by atoms with Crippen molar-refractivity contribution in [2.45, 2.75) is 45.6 Å². The van der Waals surface area contributed by atoms with Gasteiger partial charge in [-0.1, -0.05) is 20.3 Å². The lowest BCUT2D eigenvalue weighted by Gasteiger charge is -2.18. The van der Waals surface area contributed by atoms with Crippen LogP contribution in [-0.4, -0.2) is 23.5 Å². The molecule has 0 aromatic carbocycles. The van der Waals surface area contributed by atoms with E-state index in [0.717, 1.165) is 12.8 Å². The maximum Gasteiger partial charge on any atom is 0.303 e. The highest BCUT2D eigenvalue weighted by Gasteiger charge is 2.12. The fraction of sp³-hybridized carbons (Fsp3) is 0.800. The molecule has 0 aliphatic rings. The van der Waals surface area contributed by atoms with Crippen LogP contribution < -0.4 is 5.32 Å². The fourth-order valence-corrected chi connectivity index (χ4v) is 1.32. The van der Waals surface area contributed by atoms with Gasteiger partial charge in [0.25, 0.3) is 0 Å². The summed E-state index contributed by atoms with van der Waals surface area (Å²) in [4.78, 5) is 20.6. The summed E-state index contributed by atoms with van der Waals surface area (Å²) in [5.74, 6) is -0.298. The molecule has 2 N–H and O–H groups in total. The molecular formula is C10H19NO3. The van der Waals surface area contributed by atoms with Crippen LogP contribution in [0.4, 0.5) is 0 Å². The summed E-state index contributed by atoms with van der Waals surface area (Å²) in [5, 5.41) is 11.2. The van der Waals surface area contributed by atoms with Gasteiger partial charge in [-0.05, 0) is 18.8 Å². The summed E-state index contributed by atoms with van der Waals surface area (Å²) in [5.41, 5.74) is 0. The summed E-state index contributed by atoms with van der Waals surface area (Å²) >= 11 is 0. The van der Waals surface area contributed by atoms with E-state index in [2.05, 4.69) is 19.2 Å². The molecule has 2 atom stereocenters. The van der Waals surface area contributed by atoms with Gasteiger partial charge in [0.05, 0.1) is 0 Å². The molecule has 0 aromatic heterocycles. The number of carboxylic acids is 1. The highest BCUT2D eigenvalue weighted by molar-refractivity contribution is 5.66.